The molecule has 1 aliphatic rings. The third kappa shape index (κ3) is 3.98. The summed E-state index contributed by atoms with van der Waals surface area (Å²) in [6.45, 7) is 8.72. The molecule has 0 aliphatic carbocycles. The molecule has 3 nitrogen and oxygen atoms in total. The molecule has 0 spiro atoms. The number of carbonyl (C=O) groups is 1. The van der Waals surface area contributed by atoms with Crippen molar-refractivity contribution in [2.45, 2.75) is 40.2 Å². The number of ketones is 1. The van der Waals surface area contributed by atoms with Gasteiger partial charge in [0.15, 0.2) is 5.78 Å². The summed E-state index contributed by atoms with van der Waals surface area (Å²) in [5, 5.41) is 10.8. The van der Waals surface area contributed by atoms with E-state index < -0.39 is 0 Å². The molecule has 1 saturated heterocycles. The van der Waals surface area contributed by atoms with Gasteiger partial charge in [-0.3, -0.25) is 9.69 Å². The van der Waals surface area contributed by atoms with Crippen LogP contribution in [0.3, 0.4) is 0 Å². The lowest BCUT2D eigenvalue weighted by Crippen LogP contribution is -2.34. The molecule has 0 aromatic heterocycles. The van der Waals surface area contributed by atoms with Crippen LogP contribution in [0.2, 0.25) is 5.02 Å². The Kier molecular flexibility index (Phi) is 5.28. The van der Waals surface area contributed by atoms with Crippen molar-refractivity contribution < 1.29 is 9.90 Å². The van der Waals surface area contributed by atoms with Gasteiger partial charge in [0.05, 0.1) is 5.56 Å². The van der Waals surface area contributed by atoms with E-state index >= 15 is 0 Å². The molecule has 1 heterocycles. The highest BCUT2D eigenvalue weighted by Gasteiger charge is 2.23. The second-order valence-electron chi connectivity index (χ2n) is 6.37. The van der Waals surface area contributed by atoms with Gasteiger partial charge in [0.2, 0.25) is 0 Å². The average molecular weight is 310 g/mol. The third-order valence-corrected chi connectivity index (χ3v) is 4.72. The van der Waals surface area contributed by atoms with Crippen molar-refractivity contribution in [1.29, 1.82) is 0 Å². The van der Waals surface area contributed by atoms with E-state index in [-0.39, 0.29) is 11.5 Å². The van der Waals surface area contributed by atoms with Crippen molar-refractivity contribution in [1.82, 2.24) is 4.90 Å². The summed E-state index contributed by atoms with van der Waals surface area (Å²) in [6.07, 6.45) is 2.39. The van der Waals surface area contributed by atoms with Gasteiger partial charge < -0.3 is 5.11 Å². The van der Waals surface area contributed by atoms with Gasteiger partial charge in [0, 0.05) is 17.1 Å². The first-order valence-corrected chi connectivity index (χ1v) is 8.01. The Morgan fingerprint density at radius 2 is 2.00 bits per heavy atom. The lowest BCUT2D eigenvalue weighted by Gasteiger charge is -2.34. The van der Waals surface area contributed by atoms with Crippen LogP contribution in [0.5, 0.6) is 5.75 Å². The Labute approximate surface area is 131 Å². The van der Waals surface area contributed by atoms with E-state index in [1.165, 1.54) is 25.8 Å². The number of rotatable bonds is 4. The topological polar surface area (TPSA) is 40.5 Å². The molecule has 0 amide bonds. The van der Waals surface area contributed by atoms with Crippen LogP contribution in [0.25, 0.3) is 0 Å². The van der Waals surface area contributed by atoms with Crippen molar-refractivity contribution in [2.75, 3.05) is 13.1 Å². The minimum atomic E-state index is -0.158. The van der Waals surface area contributed by atoms with Gasteiger partial charge in [-0.2, -0.15) is 0 Å². The predicted molar refractivity (Wildman–Crippen MR) is 86.0 cm³/mol. The molecule has 0 atom stereocenters. The highest BCUT2D eigenvalue weighted by atomic mass is 35.5. The minimum Gasteiger partial charge on any atom is -0.507 e. The zero-order chi connectivity index (χ0) is 15.6. The average Bonchev–Trinajstić information content (AvgIpc) is 2.42. The molecule has 21 heavy (non-hydrogen) atoms. The highest BCUT2D eigenvalue weighted by molar-refractivity contribution is 6.31. The first-order valence-electron chi connectivity index (χ1n) is 7.63. The quantitative estimate of drug-likeness (QED) is 0.851. The summed E-state index contributed by atoms with van der Waals surface area (Å²) >= 11 is 6.07. The van der Waals surface area contributed by atoms with E-state index in [0.717, 1.165) is 30.5 Å². The first-order chi connectivity index (χ1) is 9.88. The molecule has 1 N–H and O–H groups in total. The van der Waals surface area contributed by atoms with Crippen LogP contribution in [0.1, 0.15) is 49.5 Å². The second kappa shape index (κ2) is 6.80. The molecule has 4 heteroatoms. The molecule has 116 valence electrons. The number of phenolic OH excluding ortho intramolecular Hbond substituents is 1. The fourth-order valence-corrected chi connectivity index (χ4v) is 3.30. The summed E-state index contributed by atoms with van der Waals surface area (Å²) < 4.78 is 0. The lowest BCUT2D eigenvalue weighted by molar-refractivity contribution is 0.101. The van der Waals surface area contributed by atoms with Gasteiger partial charge in [0.25, 0.3) is 0 Å². The normalized spacial score (nSPS) is 17.4. The Morgan fingerprint density at radius 1 is 1.38 bits per heavy atom. The number of piperidine rings is 1. The van der Waals surface area contributed by atoms with E-state index in [9.17, 15) is 9.90 Å². The van der Waals surface area contributed by atoms with Crippen molar-refractivity contribution in [3.8, 4) is 5.75 Å². The van der Waals surface area contributed by atoms with Gasteiger partial charge in [-0.25, -0.2) is 0 Å². The monoisotopic (exact) mass is 309 g/mol. The molecule has 1 fully saturated rings. The van der Waals surface area contributed by atoms with Crippen LogP contribution in [-0.2, 0) is 6.54 Å². The number of likely N-dealkylation sites (tertiary alicyclic amines) is 1. The summed E-state index contributed by atoms with van der Waals surface area (Å²) in [5.41, 5.74) is 1.06. The van der Waals surface area contributed by atoms with Crippen molar-refractivity contribution in [3.63, 3.8) is 0 Å². The molecule has 2 rings (SSSR count). The smallest absolute Gasteiger partial charge is 0.163 e. The standard InChI is InChI=1S/C17H24ClNO2/c1-11(2)13-4-6-19(7-5-13)10-14-8-15(18)9-16(12(3)20)17(14)21/h8-9,11,13,21H,4-7,10H2,1-3H3. The van der Waals surface area contributed by atoms with Crippen molar-refractivity contribution in [2.24, 2.45) is 11.8 Å². The Morgan fingerprint density at radius 3 is 2.52 bits per heavy atom. The number of aromatic hydroxyl groups is 1. The number of nitrogens with zero attached hydrogens (tertiary/aromatic N) is 1. The van der Waals surface area contributed by atoms with Crippen LogP contribution in [-0.4, -0.2) is 28.9 Å². The number of hydrogen-bond acceptors (Lipinski definition) is 3. The highest BCUT2D eigenvalue weighted by Crippen LogP contribution is 2.31. The maximum absolute atomic E-state index is 11.5. The molecule has 1 aliphatic heterocycles. The number of Topliss-reactive ketones (excluding diaryl/α,β-unsaturated/α-hetero) is 1. The largest absolute Gasteiger partial charge is 0.507 e. The van der Waals surface area contributed by atoms with Gasteiger partial charge in [-0.15, -0.1) is 0 Å². The summed E-state index contributed by atoms with van der Waals surface area (Å²) in [5.74, 6) is 1.45. The number of halogens is 1. The Hall–Kier alpha value is -1.06. The lowest BCUT2D eigenvalue weighted by atomic mass is 9.86. The summed E-state index contributed by atoms with van der Waals surface area (Å²) in [6, 6.07) is 3.30. The van der Waals surface area contributed by atoms with Crippen LogP contribution in [0.4, 0.5) is 0 Å². The van der Waals surface area contributed by atoms with E-state index in [2.05, 4.69) is 18.7 Å². The number of benzene rings is 1. The SMILES string of the molecule is CC(=O)c1cc(Cl)cc(CN2CCC(C(C)C)CC2)c1O. The maximum atomic E-state index is 11.5. The van der Waals surface area contributed by atoms with Gasteiger partial charge in [0.1, 0.15) is 5.75 Å². The zero-order valence-electron chi connectivity index (χ0n) is 13.0. The summed E-state index contributed by atoms with van der Waals surface area (Å²) in [4.78, 5) is 13.9. The predicted octanol–water partition coefficient (Wildman–Crippen LogP) is 4.12. The zero-order valence-corrected chi connectivity index (χ0v) is 13.8. The van der Waals surface area contributed by atoms with Crippen molar-refractivity contribution >= 4 is 17.4 Å². The van der Waals surface area contributed by atoms with E-state index in [0.29, 0.717) is 17.1 Å². The molecule has 0 bridgehead atoms. The van der Waals surface area contributed by atoms with Crippen molar-refractivity contribution in [3.05, 3.63) is 28.3 Å². The molecule has 1 aromatic rings. The van der Waals surface area contributed by atoms with Crippen LogP contribution >= 0.6 is 11.6 Å². The number of carbonyl (C=O) groups excluding carboxylic acids is 1. The Bertz CT molecular complexity index is 520. The van der Waals surface area contributed by atoms with Gasteiger partial charge >= 0.3 is 0 Å². The maximum Gasteiger partial charge on any atom is 0.163 e. The second-order valence-corrected chi connectivity index (χ2v) is 6.81. The van der Waals surface area contributed by atoms with Crippen LogP contribution in [0.15, 0.2) is 12.1 Å². The molecule has 0 radical (unpaired) electrons. The van der Waals surface area contributed by atoms with Crippen LogP contribution in [0, 0.1) is 11.8 Å². The van der Waals surface area contributed by atoms with E-state index in [4.69, 9.17) is 11.6 Å². The summed E-state index contributed by atoms with van der Waals surface area (Å²) in [7, 11) is 0. The van der Waals surface area contributed by atoms with E-state index in [1.807, 2.05) is 0 Å². The number of phenols is 1. The molecular formula is C17H24ClNO2. The van der Waals surface area contributed by atoms with Crippen LogP contribution < -0.4 is 0 Å². The van der Waals surface area contributed by atoms with E-state index in [1.54, 1.807) is 6.07 Å². The third-order valence-electron chi connectivity index (χ3n) is 4.50. The van der Waals surface area contributed by atoms with Gasteiger partial charge in [-0.05, 0) is 56.8 Å². The molecule has 1 aromatic carbocycles. The number of hydrogen-bond donors (Lipinski definition) is 1. The molecular weight excluding hydrogens is 286 g/mol. The van der Waals surface area contributed by atoms with Gasteiger partial charge in [-0.1, -0.05) is 25.4 Å². The Balaban J connectivity index is 2.09. The molecule has 0 saturated carbocycles. The fourth-order valence-electron chi connectivity index (χ4n) is 3.06. The fraction of sp³-hybridized carbons (Fsp3) is 0.588. The molecule has 0 unspecified atom stereocenters. The first kappa shape index (κ1) is 16.3. The minimum absolute atomic E-state index is 0.0814.